The molecular weight excluding hydrogens is 256 g/mol. The van der Waals surface area contributed by atoms with E-state index in [1.54, 1.807) is 6.07 Å². The van der Waals surface area contributed by atoms with Gasteiger partial charge in [-0.3, -0.25) is 4.79 Å². The number of carboxylic acid groups (broad SMARTS) is 1. The van der Waals surface area contributed by atoms with E-state index >= 15 is 0 Å². The number of hydrogen-bond donors (Lipinski definition) is 1. The number of carboxylic acids is 1. The SMILES string of the molecule is CN1CCOc2ccc(C3(C(=O)O)CC3(F)F)cc21. The lowest BCUT2D eigenvalue weighted by molar-refractivity contribution is -0.142. The second-order valence-corrected chi connectivity index (χ2v) is 5.04. The van der Waals surface area contributed by atoms with Crippen LogP contribution in [0.4, 0.5) is 14.5 Å². The molecular formula is C13H13F2NO3. The summed E-state index contributed by atoms with van der Waals surface area (Å²) in [5.41, 5.74) is -1.27. The smallest absolute Gasteiger partial charge is 0.320 e. The lowest BCUT2D eigenvalue weighted by Gasteiger charge is -2.28. The Bertz CT molecular complexity index is 561. The van der Waals surface area contributed by atoms with Gasteiger partial charge in [-0.05, 0) is 17.7 Å². The predicted octanol–water partition coefficient (Wildman–Crippen LogP) is 1.88. The Kier molecular flexibility index (Phi) is 2.30. The molecule has 0 amide bonds. The molecule has 1 unspecified atom stereocenters. The molecule has 1 fully saturated rings. The maximum Gasteiger partial charge on any atom is 0.320 e. The van der Waals surface area contributed by atoms with Gasteiger partial charge in [0.05, 0.1) is 12.2 Å². The lowest BCUT2D eigenvalue weighted by atomic mass is 9.94. The highest BCUT2D eigenvalue weighted by Crippen LogP contribution is 2.62. The molecule has 19 heavy (non-hydrogen) atoms. The molecule has 0 saturated heterocycles. The largest absolute Gasteiger partial charge is 0.490 e. The number of aliphatic carboxylic acids is 1. The Hall–Kier alpha value is -1.85. The molecule has 1 saturated carbocycles. The van der Waals surface area contributed by atoms with Gasteiger partial charge in [0.2, 0.25) is 0 Å². The second kappa shape index (κ2) is 3.59. The average Bonchev–Trinajstić information content (AvgIpc) is 2.94. The summed E-state index contributed by atoms with van der Waals surface area (Å²) in [4.78, 5) is 13.1. The van der Waals surface area contributed by atoms with E-state index in [1.165, 1.54) is 12.1 Å². The molecule has 3 rings (SSSR count). The van der Waals surface area contributed by atoms with Crippen LogP contribution in [0.25, 0.3) is 0 Å². The van der Waals surface area contributed by atoms with Crippen molar-refractivity contribution in [1.82, 2.24) is 0 Å². The number of benzene rings is 1. The first kappa shape index (κ1) is 12.2. The highest BCUT2D eigenvalue weighted by atomic mass is 19.3. The van der Waals surface area contributed by atoms with E-state index in [-0.39, 0.29) is 5.56 Å². The molecule has 1 aromatic rings. The van der Waals surface area contributed by atoms with Crippen molar-refractivity contribution in [2.75, 3.05) is 25.1 Å². The van der Waals surface area contributed by atoms with Gasteiger partial charge in [-0.25, -0.2) is 8.78 Å². The fourth-order valence-corrected chi connectivity index (χ4v) is 2.57. The number of ether oxygens (including phenoxy) is 1. The summed E-state index contributed by atoms with van der Waals surface area (Å²) >= 11 is 0. The maximum absolute atomic E-state index is 13.5. The van der Waals surface area contributed by atoms with Crippen LogP contribution in [0.3, 0.4) is 0 Å². The lowest BCUT2D eigenvalue weighted by Crippen LogP contribution is -2.31. The number of halogens is 2. The summed E-state index contributed by atoms with van der Waals surface area (Å²) in [7, 11) is 1.82. The minimum absolute atomic E-state index is 0.140. The van der Waals surface area contributed by atoms with Crippen molar-refractivity contribution in [2.24, 2.45) is 0 Å². The highest BCUT2D eigenvalue weighted by molar-refractivity contribution is 5.88. The number of rotatable bonds is 2. The fourth-order valence-electron chi connectivity index (χ4n) is 2.57. The summed E-state index contributed by atoms with van der Waals surface area (Å²) in [5.74, 6) is -4.06. The zero-order chi connectivity index (χ0) is 13.8. The van der Waals surface area contributed by atoms with Gasteiger partial charge >= 0.3 is 5.97 Å². The van der Waals surface area contributed by atoms with Gasteiger partial charge in [-0.2, -0.15) is 0 Å². The fraction of sp³-hybridized carbons (Fsp3) is 0.462. The predicted molar refractivity (Wildman–Crippen MR) is 64.1 cm³/mol. The molecule has 1 atom stereocenters. The van der Waals surface area contributed by atoms with Crippen LogP contribution in [0.5, 0.6) is 5.75 Å². The van der Waals surface area contributed by atoms with Crippen molar-refractivity contribution in [2.45, 2.75) is 17.8 Å². The van der Waals surface area contributed by atoms with E-state index < -0.39 is 23.7 Å². The molecule has 1 aliphatic carbocycles. The Morgan fingerprint density at radius 3 is 2.74 bits per heavy atom. The van der Waals surface area contributed by atoms with E-state index in [0.29, 0.717) is 24.6 Å². The number of nitrogens with zero attached hydrogens (tertiary/aromatic N) is 1. The van der Waals surface area contributed by atoms with Crippen LogP contribution < -0.4 is 9.64 Å². The molecule has 1 aliphatic heterocycles. The molecule has 1 heterocycles. The van der Waals surface area contributed by atoms with Gasteiger partial charge in [-0.15, -0.1) is 0 Å². The van der Waals surface area contributed by atoms with E-state index in [2.05, 4.69) is 0 Å². The Balaban J connectivity index is 2.08. The van der Waals surface area contributed by atoms with E-state index in [9.17, 15) is 13.6 Å². The molecule has 1 aromatic carbocycles. The average molecular weight is 269 g/mol. The summed E-state index contributed by atoms with van der Waals surface area (Å²) in [5, 5.41) is 9.14. The van der Waals surface area contributed by atoms with Gasteiger partial charge < -0.3 is 14.7 Å². The number of fused-ring (bicyclic) bond motifs is 1. The van der Waals surface area contributed by atoms with Gasteiger partial charge in [0.25, 0.3) is 5.92 Å². The third-order valence-corrected chi connectivity index (χ3v) is 3.90. The first-order chi connectivity index (χ1) is 8.88. The van der Waals surface area contributed by atoms with Crippen molar-refractivity contribution in [3.63, 3.8) is 0 Å². The minimum Gasteiger partial charge on any atom is -0.490 e. The number of carbonyl (C=O) groups is 1. The molecule has 6 heteroatoms. The van der Waals surface area contributed by atoms with Crippen LogP contribution in [0.2, 0.25) is 0 Å². The standard InChI is InChI=1S/C13H13F2NO3/c1-16-4-5-19-10-3-2-8(6-9(10)16)12(11(17)18)7-13(12,14)15/h2-3,6H,4-5,7H2,1H3,(H,17,18). The summed E-state index contributed by atoms with van der Waals surface area (Å²) in [6, 6.07) is 4.50. The zero-order valence-electron chi connectivity index (χ0n) is 10.3. The third-order valence-electron chi connectivity index (χ3n) is 3.90. The summed E-state index contributed by atoms with van der Waals surface area (Å²) < 4.78 is 32.4. The quantitative estimate of drug-likeness (QED) is 0.890. The minimum atomic E-state index is -3.18. The van der Waals surface area contributed by atoms with Crippen LogP contribution in [0.1, 0.15) is 12.0 Å². The van der Waals surface area contributed by atoms with E-state index in [4.69, 9.17) is 9.84 Å². The summed E-state index contributed by atoms with van der Waals surface area (Å²) in [6.07, 6.45) is -0.640. The van der Waals surface area contributed by atoms with Crippen LogP contribution in [-0.2, 0) is 10.2 Å². The number of hydrogen-bond acceptors (Lipinski definition) is 3. The topological polar surface area (TPSA) is 49.8 Å². The maximum atomic E-state index is 13.5. The van der Waals surface area contributed by atoms with Gasteiger partial charge in [-0.1, -0.05) is 6.07 Å². The number of anilines is 1. The van der Waals surface area contributed by atoms with E-state index in [0.717, 1.165) is 0 Å². The van der Waals surface area contributed by atoms with Gasteiger partial charge in [0.15, 0.2) is 5.41 Å². The molecule has 0 spiro atoms. The second-order valence-electron chi connectivity index (χ2n) is 5.04. The molecule has 102 valence electrons. The number of likely N-dealkylation sites (N-methyl/N-ethyl adjacent to an activating group) is 1. The third kappa shape index (κ3) is 1.52. The Morgan fingerprint density at radius 1 is 1.47 bits per heavy atom. The molecule has 2 aliphatic rings. The molecule has 4 nitrogen and oxygen atoms in total. The van der Waals surface area contributed by atoms with Crippen LogP contribution in [0.15, 0.2) is 18.2 Å². The first-order valence-electron chi connectivity index (χ1n) is 5.98. The van der Waals surface area contributed by atoms with Crippen molar-refractivity contribution in [3.05, 3.63) is 23.8 Å². The zero-order valence-corrected chi connectivity index (χ0v) is 10.3. The van der Waals surface area contributed by atoms with Crippen molar-refractivity contribution in [3.8, 4) is 5.75 Å². The molecule has 0 aromatic heterocycles. The number of alkyl halides is 2. The van der Waals surface area contributed by atoms with Gasteiger partial charge in [0, 0.05) is 13.5 Å². The monoisotopic (exact) mass is 269 g/mol. The molecule has 1 N–H and O–H groups in total. The normalized spacial score (nSPS) is 27.4. The molecule has 0 radical (unpaired) electrons. The van der Waals surface area contributed by atoms with Gasteiger partial charge in [0.1, 0.15) is 12.4 Å². The summed E-state index contributed by atoms with van der Waals surface area (Å²) in [6.45, 7) is 1.18. The van der Waals surface area contributed by atoms with E-state index in [1.807, 2.05) is 11.9 Å². The van der Waals surface area contributed by atoms with Crippen LogP contribution in [-0.4, -0.2) is 37.2 Å². The Morgan fingerprint density at radius 2 is 2.16 bits per heavy atom. The Labute approximate surface area is 108 Å². The first-order valence-corrected chi connectivity index (χ1v) is 5.98. The van der Waals surface area contributed by atoms with Crippen LogP contribution in [0, 0.1) is 0 Å². The van der Waals surface area contributed by atoms with Crippen molar-refractivity contribution in [1.29, 1.82) is 0 Å². The van der Waals surface area contributed by atoms with Crippen LogP contribution >= 0.6 is 0 Å². The van der Waals surface area contributed by atoms with Crippen molar-refractivity contribution < 1.29 is 23.4 Å². The highest BCUT2D eigenvalue weighted by Gasteiger charge is 2.77. The van der Waals surface area contributed by atoms with Crippen molar-refractivity contribution >= 4 is 11.7 Å². The molecule has 0 bridgehead atoms.